The number of pyridine rings is 1. The first kappa shape index (κ1) is 12.6. The van der Waals surface area contributed by atoms with Crippen LogP contribution in [-0.4, -0.2) is 11.6 Å². The summed E-state index contributed by atoms with van der Waals surface area (Å²) in [5.74, 6) is 0.858. The Labute approximate surface area is 108 Å². The number of hydrogen-bond acceptors (Lipinski definition) is 3. The fourth-order valence-electron chi connectivity index (χ4n) is 1.92. The smallest absolute Gasteiger partial charge is 0.119 e. The molecule has 2 rings (SSSR count). The van der Waals surface area contributed by atoms with E-state index in [9.17, 15) is 0 Å². The maximum atomic E-state index is 6.27. The lowest BCUT2D eigenvalue weighted by Crippen LogP contribution is -2.12. The Hall–Kier alpha value is -1.87. The lowest BCUT2D eigenvalue weighted by Gasteiger charge is -2.14. The predicted octanol–water partition coefficient (Wildman–Crippen LogP) is 2.84. The van der Waals surface area contributed by atoms with Gasteiger partial charge in [0.1, 0.15) is 5.75 Å². The molecule has 2 aromatic rings. The molecule has 2 N–H and O–H groups in total. The summed E-state index contributed by atoms with van der Waals surface area (Å²) in [5, 5.41) is 0. The second kappa shape index (κ2) is 5.65. The molecule has 3 nitrogen and oxygen atoms in total. The van der Waals surface area contributed by atoms with Gasteiger partial charge in [-0.25, -0.2) is 0 Å². The summed E-state index contributed by atoms with van der Waals surface area (Å²) in [4.78, 5) is 4.18. The van der Waals surface area contributed by atoms with Crippen LogP contribution in [-0.2, 0) is 0 Å². The summed E-state index contributed by atoms with van der Waals surface area (Å²) in [6, 6.07) is 11.7. The third-order valence-electron chi connectivity index (χ3n) is 2.81. The molecule has 0 aliphatic rings. The van der Waals surface area contributed by atoms with E-state index in [0.29, 0.717) is 6.61 Å². The summed E-state index contributed by atoms with van der Waals surface area (Å²) in [7, 11) is 0. The van der Waals surface area contributed by atoms with Crippen LogP contribution in [0.15, 0.2) is 42.6 Å². The van der Waals surface area contributed by atoms with Crippen molar-refractivity contribution < 1.29 is 4.74 Å². The van der Waals surface area contributed by atoms with E-state index < -0.39 is 0 Å². The van der Waals surface area contributed by atoms with Crippen LogP contribution in [0, 0.1) is 6.92 Å². The normalized spacial score (nSPS) is 12.2. The van der Waals surface area contributed by atoms with Crippen molar-refractivity contribution in [1.29, 1.82) is 0 Å². The van der Waals surface area contributed by atoms with Crippen LogP contribution in [0.3, 0.4) is 0 Å². The van der Waals surface area contributed by atoms with Crippen molar-refractivity contribution >= 4 is 0 Å². The topological polar surface area (TPSA) is 48.1 Å². The standard InChI is InChI=1S/C15H18N2O/c1-3-18-14-6-4-5-12(10-14)15(16)13-7-8-17-11(2)9-13/h4-10,15H,3,16H2,1-2H3. The van der Waals surface area contributed by atoms with E-state index in [-0.39, 0.29) is 6.04 Å². The molecule has 1 aromatic carbocycles. The fraction of sp³-hybridized carbons (Fsp3) is 0.267. The highest BCUT2D eigenvalue weighted by Crippen LogP contribution is 2.23. The van der Waals surface area contributed by atoms with Crippen LogP contribution >= 0.6 is 0 Å². The van der Waals surface area contributed by atoms with Crippen LogP contribution in [0.4, 0.5) is 0 Å². The van der Waals surface area contributed by atoms with Crippen molar-refractivity contribution in [3.63, 3.8) is 0 Å². The molecule has 18 heavy (non-hydrogen) atoms. The van der Waals surface area contributed by atoms with Gasteiger partial charge in [0.2, 0.25) is 0 Å². The maximum absolute atomic E-state index is 6.27. The van der Waals surface area contributed by atoms with E-state index in [0.717, 1.165) is 22.6 Å². The Morgan fingerprint density at radius 1 is 1.22 bits per heavy atom. The number of nitrogens with two attached hydrogens (primary N) is 1. The molecule has 1 atom stereocenters. The van der Waals surface area contributed by atoms with E-state index in [4.69, 9.17) is 10.5 Å². The lowest BCUT2D eigenvalue weighted by atomic mass is 10.00. The van der Waals surface area contributed by atoms with Crippen LogP contribution in [0.2, 0.25) is 0 Å². The molecule has 0 aliphatic carbocycles. The molecular formula is C15H18N2O. The van der Waals surface area contributed by atoms with Crippen molar-refractivity contribution in [3.05, 3.63) is 59.4 Å². The zero-order valence-electron chi connectivity index (χ0n) is 10.8. The monoisotopic (exact) mass is 242 g/mol. The Morgan fingerprint density at radius 3 is 2.72 bits per heavy atom. The molecule has 0 saturated heterocycles. The first-order valence-corrected chi connectivity index (χ1v) is 6.11. The summed E-state index contributed by atoms with van der Waals surface area (Å²) in [6.45, 7) is 4.60. The zero-order valence-corrected chi connectivity index (χ0v) is 10.8. The number of hydrogen-bond donors (Lipinski definition) is 1. The third kappa shape index (κ3) is 2.87. The van der Waals surface area contributed by atoms with Crippen LogP contribution < -0.4 is 10.5 Å². The highest BCUT2D eigenvalue weighted by molar-refractivity contribution is 5.36. The van der Waals surface area contributed by atoms with E-state index >= 15 is 0 Å². The Balaban J connectivity index is 2.27. The largest absolute Gasteiger partial charge is 0.494 e. The van der Waals surface area contributed by atoms with Gasteiger partial charge in [0.25, 0.3) is 0 Å². The molecule has 3 heteroatoms. The molecule has 0 bridgehead atoms. The molecular weight excluding hydrogens is 224 g/mol. The fourth-order valence-corrected chi connectivity index (χ4v) is 1.92. The van der Waals surface area contributed by atoms with Crippen molar-refractivity contribution in [2.75, 3.05) is 6.61 Å². The number of aryl methyl sites for hydroxylation is 1. The summed E-state index contributed by atoms with van der Waals surface area (Å²) in [6.07, 6.45) is 1.79. The van der Waals surface area contributed by atoms with Gasteiger partial charge in [-0.15, -0.1) is 0 Å². The number of nitrogens with zero attached hydrogens (tertiary/aromatic N) is 1. The number of ether oxygens (including phenoxy) is 1. The minimum Gasteiger partial charge on any atom is -0.494 e. The minimum absolute atomic E-state index is 0.146. The van der Waals surface area contributed by atoms with Gasteiger partial charge in [-0.2, -0.15) is 0 Å². The highest BCUT2D eigenvalue weighted by Gasteiger charge is 2.09. The van der Waals surface area contributed by atoms with Gasteiger partial charge in [0.05, 0.1) is 12.6 Å². The van der Waals surface area contributed by atoms with Gasteiger partial charge in [-0.05, 0) is 49.2 Å². The van der Waals surface area contributed by atoms with Crippen LogP contribution in [0.1, 0.15) is 29.8 Å². The van der Waals surface area contributed by atoms with E-state index in [1.54, 1.807) is 6.20 Å². The van der Waals surface area contributed by atoms with Gasteiger partial charge >= 0.3 is 0 Å². The molecule has 1 aromatic heterocycles. The molecule has 1 unspecified atom stereocenters. The first-order valence-electron chi connectivity index (χ1n) is 6.11. The van der Waals surface area contributed by atoms with Crippen molar-refractivity contribution in [3.8, 4) is 5.75 Å². The quantitative estimate of drug-likeness (QED) is 0.896. The van der Waals surface area contributed by atoms with Crippen LogP contribution in [0.5, 0.6) is 5.75 Å². The second-order valence-electron chi connectivity index (χ2n) is 4.21. The average Bonchev–Trinajstić information content (AvgIpc) is 2.39. The number of benzene rings is 1. The summed E-state index contributed by atoms with van der Waals surface area (Å²) >= 11 is 0. The Kier molecular flexibility index (Phi) is 3.95. The number of aromatic nitrogens is 1. The third-order valence-corrected chi connectivity index (χ3v) is 2.81. The van der Waals surface area contributed by atoms with Gasteiger partial charge in [-0.3, -0.25) is 4.98 Å². The van der Waals surface area contributed by atoms with Crippen LogP contribution in [0.25, 0.3) is 0 Å². The van der Waals surface area contributed by atoms with Crippen molar-refractivity contribution in [1.82, 2.24) is 4.98 Å². The highest BCUT2D eigenvalue weighted by atomic mass is 16.5. The molecule has 94 valence electrons. The molecule has 0 saturated carbocycles. The predicted molar refractivity (Wildman–Crippen MR) is 72.6 cm³/mol. The summed E-state index contributed by atoms with van der Waals surface area (Å²) in [5.41, 5.74) is 9.36. The second-order valence-corrected chi connectivity index (χ2v) is 4.21. The first-order chi connectivity index (χ1) is 8.70. The van der Waals surface area contributed by atoms with Gasteiger partial charge in [-0.1, -0.05) is 12.1 Å². The lowest BCUT2D eigenvalue weighted by molar-refractivity contribution is 0.340. The molecule has 0 fully saturated rings. The average molecular weight is 242 g/mol. The van der Waals surface area contributed by atoms with Gasteiger partial charge in [0.15, 0.2) is 0 Å². The van der Waals surface area contributed by atoms with Gasteiger partial charge < -0.3 is 10.5 Å². The van der Waals surface area contributed by atoms with E-state index in [2.05, 4.69) is 4.98 Å². The SMILES string of the molecule is CCOc1cccc(C(N)c2ccnc(C)c2)c1. The Bertz CT molecular complexity index is 525. The maximum Gasteiger partial charge on any atom is 0.119 e. The van der Waals surface area contributed by atoms with E-state index in [1.165, 1.54) is 0 Å². The summed E-state index contributed by atoms with van der Waals surface area (Å²) < 4.78 is 5.49. The molecule has 0 amide bonds. The zero-order chi connectivity index (χ0) is 13.0. The Morgan fingerprint density at radius 2 is 2.00 bits per heavy atom. The molecule has 0 aliphatic heterocycles. The van der Waals surface area contributed by atoms with Crippen molar-refractivity contribution in [2.45, 2.75) is 19.9 Å². The molecule has 1 heterocycles. The van der Waals surface area contributed by atoms with Crippen molar-refractivity contribution in [2.24, 2.45) is 5.73 Å². The van der Waals surface area contributed by atoms with E-state index in [1.807, 2.05) is 50.2 Å². The van der Waals surface area contributed by atoms with Gasteiger partial charge in [0, 0.05) is 11.9 Å². The number of rotatable bonds is 4. The molecule has 0 radical (unpaired) electrons. The minimum atomic E-state index is -0.146. The molecule has 0 spiro atoms.